The Labute approximate surface area is 169 Å². The van der Waals surface area contributed by atoms with Crippen LogP contribution in [0.15, 0.2) is 78.9 Å². The molecule has 1 N–H and O–H groups in total. The molecule has 0 bridgehead atoms. The van der Waals surface area contributed by atoms with Gasteiger partial charge in [-0.1, -0.05) is 48.5 Å². The average molecular weight is 384 g/mol. The number of fused-ring (bicyclic) bond motifs is 4. The van der Waals surface area contributed by atoms with Crippen molar-refractivity contribution in [2.75, 3.05) is 13.2 Å². The Hall–Kier alpha value is -3.44. The largest absolute Gasteiger partial charge is 0.486 e. The molecule has 5 heteroatoms. The Morgan fingerprint density at radius 3 is 2.48 bits per heavy atom. The molecule has 3 aliphatic rings. The summed E-state index contributed by atoms with van der Waals surface area (Å²) in [4.78, 5) is 0. The van der Waals surface area contributed by atoms with Crippen LogP contribution in [0, 0.1) is 0 Å². The molecule has 0 fully saturated rings. The van der Waals surface area contributed by atoms with Crippen molar-refractivity contribution in [3.63, 3.8) is 0 Å². The summed E-state index contributed by atoms with van der Waals surface area (Å²) in [5.41, 5.74) is 7.94. The van der Waals surface area contributed by atoms with Crippen molar-refractivity contribution in [2.24, 2.45) is 0 Å². The summed E-state index contributed by atoms with van der Waals surface area (Å²) in [7, 11) is 0. The zero-order valence-electron chi connectivity index (χ0n) is 15.7. The molecule has 0 spiro atoms. The number of nitrogens with zero attached hydrogens (tertiary/aromatic N) is 1. The van der Waals surface area contributed by atoms with Crippen molar-refractivity contribution in [3.05, 3.63) is 95.6 Å². The van der Waals surface area contributed by atoms with Gasteiger partial charge in [0, 0.05) is 16.7 Å². The lowest BCUT2D eigenvalue weighted by molar-refractivity contribution is -0.0326. The Morgan fingerprint density at radius 2 is 1.59 bits per heavy atom. The molecular weight excluding hydrogens is 364 g/mol. The first kappa shape index (κ1) is 16.5. The van der Waals surface area contributed by atoms with Gasteiger partial charge in [0.2, 0.25) is 0 Å². The Balaban J connectivity index is 1.41. The number of benzene rings is 3. The molecule has 5 nitrogen and oxygen atoms in total. The van der Waals surface area contributed by atoms with Gasteiger partial charge in [-0.2, -0.15) is 5.01 Å². The topological polar surface area (TPSA) is 43.0 Å². The van der Waals surface area contributed by atoms with E-state index < -0.39 is 0 Å². The molecule has 0 aromatic heterocycles. The third-order valence-corrected chi connectivity index (χ3v) is 5.54. The number of rotatable bonds is 2. The van der Waals surface area contributed by atoms with Crippen LogP contribution in [0.25, 0.3) is 5.70 Å². The SMILES string of the molecule is C1=C(c2ccc3c(c2)OCCO3)NN2[C@H]1c1ccccc1O[C@H]2c1ccccc1. The van der Waals surface area contributed by atoms with Crippen molar-refractivity contribution in [3.8, 4) is 17.2 Å². The van der Waals surface area contributed by atoms with Crippen LogP contribution >= 0.6 is 0 Å². The highest BCUT2D eigenvalue weighted by Crippen LogP contribution is 2.46. The van der Waals surface area contributed by atoms with E-state index in [0.717, 1.165) is 39.6 Å². The normalized spacial score (nSPS) is 22.0. The Kier molecular flexibility index (Phi) is 3.74. The monoisotopic (exact) mass is 384 g/mol. The van der Waals surface area contributed by atoms with Gasteiger partial charge in [-0.05, 0) is 30.3 Å². The highest BCUT2D eigenvalue weighted by atomic mass is 16.6. The van der Waals surface area contributed by atoms with Gasteiger partial charge in [0.15, 0.2) is 17.7 Å². The summed E-state index contributed by atoms with van der Waals surface area (Å²) >= 11 is 0. The number of hydrogen-bond acceptors (Lipinski definition) is 5. The number of nitrogens with one attached hydrogen (secondary N) is 1. The zero-order valence-corrected chi connectivity index (χ0v) is 15.7. The van der Waals surface area contributed by atoms with Crippen molar-refractivity contribution in [1.82, 2.24) is 10.4 Å². The first-order chi connectivity index (χ1) is 14.4. The second-order valence-corrected chi connectivity index (χ2v) is 7.32. The van der Waals surface area contributed by atoms with Gasteiger partial charge in [0.1, 0.15) is 19.0 Å². The predicted molar refractivity (Wildman–Crippen MR) is 109 cm³/mol. The van der Waals surface area contributed by atoms with Crippen molar-refractivity contribution in [2.45, 2.75) is 12.3 Å². The molecule has 2 atom stereocenters. The van der Waals surface area contributed by atoms with Crippen LogP contribution in [-0.2, 0) is 0 Å². The summed E-state index contributed by atoms with van der Waals surface area (Å²) in [6, 6.07) is 24.7. The quantitative estimate of drug-likeness (QED) is 0.707. The summed E-state index contributed by atoms with van der Waals surface area (Å²) in [5, 5.41) is 2.17. The van der Waals surface area contributed by atoms with Crippen LogP contribution in [0.3, 0.4) is 0 Å². The van der Waals surface area contributed by atoms with Crippen LogP contribution in [0.2, 0.25) is 0 Å². The van der Waals surface area contributed by atoms with Crippen LogP contribution in [0.1, 0.15) is 29.0 Å². The molecule has 6 rings (SSSR count). The fourth-order valence-corrected chi connectivity index (χ4v) is 4.16. The van der Waals surface area contributed by atoms with E-state index in [1.54, 1.807) is 0 Å². The highest BCUT2D eigenvalue weighted by molar-refractivity contribution is 5.70. The number of ether oxygens (including phenoxy) is 3. The van der Waals surface area contributed by atoms with Gasteiger partial charge >= 0.3 is 0 Å². The fraction of sp³-hybridized carbons (Fsp3) is 0.167. The lowest BCUT2D eigenvalue weighted by Gasteiger charge is -2.38. The van der Waals surface area contributed by atoms with Gasteiger partial charge in [-0.25, -0.2) is 0 Å². The lowest BCUT2D eigenvalue weighted by Crippen LogP contribution is -2.43. The minimum atomic E-state index is -0.220. The van der Waals surface area contributed by atoms with Gasteiger partial charge in [0.25, 0.3) is 0 Å². The maximum Gasteiger partial charge on any atom is 0.195 e. The molecule has 3 heterocycles. The fourth-order valence-electron chi connectivity index (χ4n) is 4.16. The van der Waals surface area contributed by atoms with E-state index in [1.807, 2.05) is 42.5 Å². The van der Waals surface area contributed by atoms with Crippen molar-refractivity contribution < 1.29 is 14.2 Å². The third kappa shape index (κ3) is 2.74. The minimum Gasteiger partial charge on any atom is -0.486 e. The van der Waals surface area contributed by atoms with Gasteiger partial charge in [-0.3, -0.25) is 0 Å². The molecule has 0 radical (unpaired) electrons. The van der Waals surface area contributed by atoms with Crippen LogP contribution in [0.4, 0.5) is 0 Å². The lowest BCUT2D eigenvalue weighted by atomic mass is 10.0. The first-order valence-electron chi connectivity index (χ1n) is 9.84. The molecule has 29 heavy (non-hydrogen) atoms. The number of para-hydroxylation sites is 1. The average Bonchev–Trinajstić information content (AvgIpc) is 3.25. The van der Waals surface area contributed by atoms with Gasteiger partial charge in [-0.15, -0.1) is 0 Å². The van der Waals surface area contributed by atoms with E-state index in [1.165, 1.54) is 0 Å². The molecule has 0 saturated carbocycles. The number of hydrogen-bond donors (Lipinski definition) is 1. The van der Waals surface area contributed by atoms with Crippen LogP contribution in [-0.4, -0.2) is 18.2 Å². The van der Waals surface area contributed by atoms with Crippen LogP contribution < -0.4 is 19.6 Å². The van der Waals surface area contributed by atoms with Gasteiger partial charge < -0.3 is 19.6 Å². The predicted octanol–water partition coefficient (Wildman–Crippen LogP) is 4.45. The van der Waals surface area contributed by atoms with E-state index in [-0.39, 0.29) is 12.3 Å². The molecule has 0 aliphatic carbocycles. The van der Waals surface area contributed by atoms with E-state index in [4.69, 9.17) is 14.2 Å². The zero-order chi connectivity index (χ0) is 19.2. The molecule has 0 amide bonds. The minimum absolute atomic E-state index is 0.0772. The van der Waals surface area contributed by atoms with E-state index >= 15 is 0 Å². The molecule has 3 aliphatic heterocycles. The van der Waals surface area contributed by atoms with Gasteiger partial charge in [0.05, 0.1) is 11.7 Å². The molecule has 144 valence electrons. The second kappa shape index (κ2) is 6.57. The summed E-state index contributed by atoms with van der Waals surface area (Å²) in [6.07, 6.45) is 2.03. The smallest absolute Gasteiger partial charge is 0.195 e. The Bertz CT molecular complexity index is 1100. The maximum absolute atomic E-state index is 6.39. The van der Waals surface area contributed by atoms with Crippen LogP contribution in [0.5, 0.6) is 17.2 Å². The van der Waals surface area contributed by atoms with E-state index in [9.17, 15) is 0 Å². The summed E-state index contributed by atoms with van der Waals surface area (Å²) in [5.74, 6) is 2.51. The van der Waals surface area contributed by atoms with E-state index in [2.05, 4.69) is 46.8 Å². The Morgan fingerprint density at radius 1 is 0.793 bits per heavy atom. The third-order valence-electron chi connectivity index (χ3n) is 5.54. The second-order valence-electron chi connectivity index (χ2n) is 7.32. The first-order valence-corrected chi connectivity index (χ1v) is 9.84. The van der Waals surface area contributed by atoms with E-state index in [0.29, 0.717) is 13.2 Å². The summed E-state index contributed by atoms with van der Waals surface area (Å²) in [6.45, 7) is 1.17. The molecular formula is C24H20N2O3. The maximum atomic E-state index is 6.39. The molecule has 0 saturated heterocycles. The summed E-state index contributed by atoms with van der Waals surface area (Å²) < 4.78 is 17.8. The molecule has 0 unspecified atom stereocenters. The standard InChI is InChI=1S/C24H20N2O3/c1-2-6-16(7-3-1)24-26-20(18-8-4-5-9-21(18)29-24)15-19(25-26)17-10-11-22-23(14-17)28-13-12-27-22/h1-11,14-15,20,24-25H,12-13H2/t20-,24+/m1/s1. The highest BCUT2D eigenvalue weighted by Gasteiger charge is 2.40. The molecule has 3 aromatic carbocycles. The van der Waals surface area contributed by atoms with Crippen molar-refractivity contribution in [1.29, 1.82) is 0 Å². The van der Waals surface area contributed by atoms with Crippen molar-refractivity contribution >= 4 is 5.70 Å². The number of hydrazine groups is 1. The molecule has 3 aromatic rings.